The first-order valence-electron chi connectivity index (χ1n) is 9.33. The fraction of sp³-hybridized carbons (Fsp3) is 0.632. The highest BCUT2D eigenvalue weighted by atomic mass is 35.5. The van der Waals surface area contributed by atoms with Crippen LogP contribution in [-0.2, 0) is 17.6 Å². The predicted octanol–water partition coefficient (Wildman–Crippen LogP) is 4.88. The van der Waals surface area contributed by atoms with Crippen molar-refractivity contribution >= 4 is 28.7 Å². The minimum atomic E-state index is -0.168. The fourth-order valence-electron chi connectivity index (χ4n) is 3.89. The summed E-state index contributed by atoms with van der Waals surface area (Å²) in [5.74, 6) is 1.68. The van der Waals surface area contributed by atoms with E-state index in [-0.39, 0.29) is 11.8 Å². The normalized spacial score (nSPS) is 19.4. The summed E-state index contributed by atoms with van der Waals surface area (Å²) < 4.78 is 2.56. The standard InChI is InChI=1S/C19H24ClN3OS/c20-18-11-21-19(25-18)9-17(24)16(8-13-3-1-2-4-13)23-12-15(10-22-23)7-14-5-6-14/h10-14,16H,1-9H2. The summed E-state index contributed by atoms with van der Waals surface area (Å²) in [5.41, 5.74) is 1.27. The van der Waals surface area contributed by atoms with Gasteiger partial charge in [-0.05, 0) is 43.1 Å². The lowest BCUT2D eigenvalue weighted by Gasteiger charge is -2.20. The number of carbonyl (C=O) groups is 1. The van der Waals surface area contributed by atoms with Gasteiger partial charge in [-0.2, -0.15) is 5.10 Å². The van der Waals surface area contributed by atoms with E-state index in [1.54, 1.807) is 6.20 Å². The van der Waals surface area contributed by atoms with E-state index in [1.165, 1.54) is 55.4 Å². The number of thiazole rings is 1. The summed E-state index contributed by atoms with van der Waals surface area (Å²) >= 11 is 7.36. The van der Waals surface area contributed by atoms with Gasteiger partial charge < -0.3 is 0 Å². The lowest BCUT2D eigenvalue weighted by atomic mass is 9.95. The van der Waals surface area contributed by atoms with E-state index in [0.717, 1.165) is 23.8 Å². The van der Waals surface area contributed by atoms with E-state index >= 15 is 0 Å². The number of nitrogens with zero attached hydrogens (tertiary/aromatic N) is 3. The topological polar surface area (TPSA) is 47.8 Å². The number of aromatic nitrogens is 3. The average Bonchev–Trinajstić information content (AvgIpc) is 2.97. The molecule has 2 saturated carbocycles. The Bertz CT molecular complexity index is 731. The summed E-state index contributed by atoms with van der Waals surface area (Å²) in [7, 11) is 0. The number of carbonyl (C=O) groups excluding carboxylic acids is 1. The second kappa shape index (κ2) is 7.58. The minimum Gasteiger partial charge on any atom is -0.297 e. The van der Waals surface area contributed by atoms with Gasteiger partial charge in [0.15, 0.2) is 5.78 Å². The molecule has 2 heterocycles. The summed E-state index contributed by atoms with van der Waals surface area (Å²) in [5, 5.41) is 5.36. The summed E-state index contributed by atoms with van der Waals surface area (Å²) in [6.45, 7) is 0. The van der Waals surface area contributed by atoms with Crippen LogP contribution in [-0.4, -0.2) is 20.5 Å². The molecule has 0 radical (unpaired) electrons. The molecular formula is C19H24ClN3OS. The third kappa shape index (κ3) is 4.50. The summed E-state index contributed by atoms with van der Waals surface area (Å²) in [4.78, 5) is 17.3. The van der Waals surface area contributed by atoms with Crippen LogP contribution < -0.4 is 0 Å². The Kier molecular flexibility index (Phi) is 5.23. The highest BCUT2D eigenvalue weighted by molar-refractivity contribution is 7.15. The molecule has 0 spiro atoms. The third-order valence-corrected chi connectivity index (χ3v) is 6.56. The van der Waals surface area contributed by atoms with Crippen LogP contribution in [0.2, 0.25) is 4.34 Å². The van der Waals surface area contributed by atoms with Gasteiger partial charge in [0.05, 0.1) is 18.8 Å². The van der Waals surface area contributed by atoms with Gasteiger partial charge in [0.2, 0.25) is 0 Å². The van der Waals surface area contributed by atoms with E-state index in [1.807, 2.05) is 10.9 Å². The SMILES string of the molecule is O=C(Cc1ncc(Cl)s1)C(CC1CCCC1)n1cc(CC2CC2)cn1. The molecule has 4 nitrogen and oxygen atoms in total. The van der Waals surface area contributed by atoms with Gasteiger partial charge in [-0.3, -0.25) is 9.48 Å². The molecule has 2 aromatic rings. The molecule has 0 saturated heterocycles. The van der Waals surface area contributed by atoms with Gasteiger partial charge in [0.1, 0.15) is 15.4 Å². The van der Waals surface area contributed by atoms with Gasteiger partial charge in [0.25, 0.3) is 0 Å². The first-order valence-corrected chi connectivity index (χ1v) is 10.5. The van der Waals surface area contributed by atoms with E-state index in [9.17, 15) is 4.79 Å². The zero-order valence-corrected chi connectivity index (χ0v) is 15.9. The molecule has 25 heavy (non-hydrogen) atoms. The minimum absolute atomic E-state index is 0.168. The van der Waals surface area contributed by atoms with Crippen LogP contribution in [0.15, 0.2) is 18.6 Å². The van der Waals surface area contributed by atoms with E-state index in [4.69, 9.17) is 11.6 Å². The molecule has 0 N–H and O–H groups in total. The Balaban J connectivity index is 1.49. The molecule has 134 valence electrons. The lowest BCUT2D eigenvalue weighted by Crippen LogP contribution is -2.24. The first kappa shape index (κ1) is 17.2. The van der Waals surface area contributed by atoms with Crippen LogP contribution in [0, 0.1) is 11.8 Å². The monoisotopic (exact) mass is 377 g/mol. The van der Waals surface area contributed by atoms with E-state index in [2.05, 4.69) is 16.3 Å². The maximum atomic E-state index is 13.0. The highest BCUT2D eigenvalue weighted by Gasteiger charge is 2.28. The van der Waals surface area contributed by atoms with Crippen molar-refractivity contribution in [2.24, 2.45) is 11.8 Å². The molecule has 4 rings (SSSR count). The zero-order chi connectivity index (χ0) is 17.2. The zero-order valence-electron chi connectivity index (χ0n) is 14.4. The van der Waals surface area contributed by atoms with Crippen molar-refractivity contribution in [1.29, 1.82) is 0 Å². The smallest absolute Gasteiger partial charge is 0.164 e. The molecular weight excluding hydrogens is 354 g/mol. The maximum Gasteiger partial charge on any atom is 0.164 e. The van der Waals surface area contributed by atoms with Crippen molar-refractivity contribution in [3.8, 4) is 0 Å². The quantitative estimate of drug-likeness (QED) is 0.658. The first-order chi connectivity index (χ1) is 12.2. The van der Waals surface area contributed by atoms with Crippen LogP contribution in [0.1, 0.15) is 61.6 Å². The Hall–Kier alpha value is -1.20. The highest BCUT2D eigenvalue weighted by Crippen LogP contribution is 2.35. The maximum absolute atomic E-state index is 13.0. The van der Waals surface area contributed by atoms with Crippen molar-refractivity contribution in [2.45, 2.75) is 63.8 Å². The van der Waals surface area contributed by atoms with Crippen molar-refractivity contribution in [3.05, 3.63) is 33.5 Å². The lowest BCUT2D eigenvalue weighted by molar-refractivity contribution is -0.122. The Morgan fingerprint density at radius 1 is 1.24 bits per heavy atom. The van der Waals surface area contributed by atoms with Gasteiger partial charge >= 0.3 is 0 Å². The number of hydrogen-bond acceptors (Lipinski definition) is 4. The molecule has 2 fully saturated rings. The Morgan fingerprint density at radius 2 is 2.04 bits per heavy atom. The largest absolute Gasteiger partial charge is 0.297 e. The second-order valence-electron chi connectivity index (χ2n) is 7.58. The number of halogens is 1. The van der Waals surface area contributed by atoms with Crippen LogP contribution in [0.25, 0.3) is 0 Å². The predicted molar refractivity (Wildman–Crippen MR) is 100 cm³/mol. The third-order valence-electron chi connectivity index (χ3n) is 5.45. The van der Waals surface area contributed by atoms with Gasteiger partial charge in [-0.1, -0.05) is 37.3 Å². The van der Waals surface area contributed by atoms with E-state index < -0.39 is 0 Å². The number of rotatable bonds is 8. The molecule has 0 aromatic carbocycles. The molecule has 6 heteroatoms. The van der Waals surface area contributed by atoms with Gasteiger partial charge in [0, 0.05) is 6.20 Å². The van der Waals surface area contributed by atoms with Crippen molar-refractivity contribution in [1.82, 2.24) is 14.8 Å². The van der Waals surface area contributed by atoms with Crippen molar-refractivity contribution in [3.63, 3.8) is 0 Å². The van der Waals surface area contributed by atoms with Crippen LogP contribution in [0.5, 0.6) is 0 Å². The van der Waals surface area contributed by atoms with Crippen molar-refractivity contribution in [2.75, 3.05) is 0 Å². The summed E-state index contributed by atoms with van der Waals surface area (Å²) in [6, 6.07) is -0.168. The average molecular weight is 378 g/mol. The Labute approximate surface area is 157 Å². The van der Waals surface area contributed by atoms with Crippen LogP contribution >= 0.6 is 22.9 Å². The Morgan fingerprint density at radius 3 is 2.72 bits per heavy atom. The van der Waals surface area contributed by atoms with Crippen LogP contribution in [0.3, 0.4) is 0 Å². The number of Topliss-reactive ketones (excluding diaryl/α,β-unsaturated/α-hetero) is 1. The molecule has 2 aliphatic carbocycles. The molecule has 1 unspecified atom stereocenters. The molecule has 2 aromatic heterocycles. The van der Waals surface area contributed by atoms with E-state index in [0.29, 0.717) is 16.7 Å². The molecule has 0 aliphatic heterocycles. The number of ketones is 1. The second-order valence-corrected chi connectivity index (χ2v) is 9.33. The number of hydrogen-bond donors (Lipinski definition) is 0. The molecule has 2 aliphatic rings. The summed E-state index contributed by atoms with van der Waals surface area (Å²) in [6.07, 6.45) is 15.8. The van der Waals surface area contributed by atoms with Gasteiger partial charge in [-0.25, -0.2) is 4.98 Å². The van der Waals surface area contributed by atoms with Crippen LogP contribution in [0.4, 0.5) is 0 Å². The molecule has 0 bridgehead atoms. The fourth-order valence-corrected chi connectivity index (χ4v) is 4.86. The van der Waals surface area contributed by atoms with Crippen molar-refractivity contribution < 1.29 is 4.79 Å². The molecule has 0 amide bonds. The van der Waals surface area contributed by atoms with Gasteiger partial charge in [-0.15, -0.1) is 11.3 Å². The molecule has 1 atom stereocenters.